The molecule has 1 aromatic carbocycles. The van der Waals surface area contributed by atoms with E-state index < -0.39 is 0 Å². The third-order valence-corrected chi connectivity index (χ3v) is 4.03. The third-order valence-electron chi connectivity index (χ3n) is 4.03. The van der Waals surface area contributed by atoms with E-state index in [0.29, 0.717) is 13.1 Å². The summed E-state index contributed by atoms with van der Waals surface area (Å²) >= 11 is 0. The molecule has 0 aliphatic carbocycles. The second-order valence-corrected chi connectivity index (χ2v) is 7.01. The minimum Gasteiger partial charge on any atom is -0.491 e. The number of carbonyl (C=O) groups excluding carboxylic acids is 1. The summed E-state index contributed by atoms with van der Waals surface area (Å²) in [5.41, 5.74) is 0.767. The summed E-state index contributed by atoms with van der Waals surface area (Å²) in [7, 11) is 4.02. The van der Waals surface area contributed by atoms with E-state index in [9.17, 15) is 4.79 Å². The largest absolute Gasteiger partial charge is 0.491 e. The molecule has 1 heterocycles. The van der Waals surface area contributed by atoms with E-state index in [1.54, 1.807) is 0 Å². The minimum atomic E-state index is -0.0881. The molecule has 0 saturated carbocycles. The quantitative estimate of drug-likeness (QED) is 0.784. The second-order valence-electron chi connectivity index (χ2n) is 7.01. The fourth-order valence-corrected chi connectivity index (χ4v) is 2.72. The maximum atomic E-state index is 12.7. The van der Waals surface area contributed by atoms with Crippen molar-refractivity contribution >= 4 is 11.7 Å². The first-order valence-corrected chi connectivity index (χ1v) is 9.03. The fraction of sp³-hybridized carbons (Fsp3) is 0.632. The summed E-state index contributed by atoms with van der Waals surface area (Å²) < 4.78 is 11.3. The molecule has 1 aliphatic rings. The van der Waals surface area contributed by atoms with Crippen molar-refractivity contribution in [2.24, 2.45) is 0 Å². The zero-order valence-corrected chi connectivity index (χ0v) is 15.8. The van der Waals surface area contributed by atoms with Crippen molar-refractivity contribution in [3.8, 4) is 5.75 Å². The molecule has 1 fully saturated rings. The molecule has 25 heavy (non-hydrogen) atoms. The second kappa shape index (κ2) is 9.63. The first-order chi connectivity index (χ1) is 11.9. The molecular formula is C19H31N3O3. The Morgan fingerprint density at radius 2 is 2.00 bits per heavy atom. The number of amides is 2. The van der Waals surface area contributed by atoms with Gasteiger partial charge in [0, 0.05) is 31.9 Å². The number of nitrogens with one attached hydrogen (secondary N) is 1. The van der Waals surface area contributed by atoms with Gasteiger partial charge < -0.3 is 24.6 Å². The van der Waals surface area contributed by atoms with Crippen LogP contribution in [0.25, 0.3) is 0 Å². The lowest BCUT2D eigenvalue weighted by Crippen LogP contribution is -2.43. The van der Waals surface area contributed by atoms with Crippen molar-refractivity contribution in [1.82, 2.24) is 9.80 Å². The monoisotopic (exact) mass is 349 g/mol. The highest BCUT2D eigenvalue weighted by atomic mass is 16.5. The van der Waals surface area contributed by atoms with Gasteiger partial charge in [0.15, 0.2) is 0 Å². The molecule has 1 atom stereocenters. The topological polar surface area (TPSA) is 54.0 Å². The van der Waals surface area contributed by atoms with Crippen LogP contribution in [-0.4, -0.2) is 68.4 Å². The maximum absolute atomic E-state index is 12.7. The molecule has 1 saturated heterocycles. The normalized spacial score (nSPS) is 17.1. The predicted octanol–water partition coefficient (Wildman–Crippen LogP) is 3.05. The third kappa shape index (κ3) is 6.92. The predicted molar refractivity (Wildman–Crippen MR) is 100 cm³/mol. The Morgan fingerprint density at radius 3 is 2.56 bits per heavy atom. The lowest BCUT2D eigenvalue weighted by atomic mass is 10.2. The van der Waals surface area contributed by atoms with Gasteiger partial charge in [-0.2, -0.15) is 0 Å². The van der Waals surface area contributed by atoms with Gasteiger partial charge >= 0.3 is 6.03 Å². The molecule has 0 bridgehead atoms. The molecule has 2 rings (SSSR count). The van der Waals surface area contributed by atoms with Crippen LogP contribution in [0.5, 0.6) is 5.75 Å². The molecule has 1 aromatic rings. The summed E-state index contributed by atoms with van der Waals surface area (Å²) in [5.74, 6) is 0.803. The Labute approximate surface area is 151 Å². The molecule has 0 spiro atoms. The molecule has 1 N–H and O–H groups in total. The Kier molecular flexibility index (Phi) is 7.52. The molecule has 0 aromatic heterocycles. The number of hydrogen-bond acceptors (Lipinski definition) is 4. The molecule has 1 aliphatic heterocycles. The maximum Gasteiger partial charge on any atom is 0.321 e. The average molecular weight is 349 g/mol. The summed E-state index contributed by atoms with van der Waals surface area (Å²) in [6.07, 6.45) is 2.38. The summed E-state index contributed by atoms with van der Waals surface area (Å²) in [6.45, 7) is 6.90. The van der Waals surface area contributed by atoms with Crippen LogP contribution < -0.4 is 10.1 Å². The van der Waals surface area contributed by atoms with Gasteiger partial charge in [-0.25, -0.2) is 4.79 Å². The average Bonchev–Trinajstić information content (AvgIpc) is 3.05. The lowest BCUT2D eigenvalue weighted by molar-refractivity contribution is 0.0820. The number of nitrogens with zero attached hydrogens (tertiary/aromatic N) is 2. The van der Waals surface area contributed by atoms with Gasteiger partial charge in [0.1, 0.15) is 5.75 Å². The molecule has 2 amide bonds. The van der Waals surface area contributed by atoms with Crippen molar-refractivity contribution in [2.75, 3.05) is 45.7 Å². The Morgan fingerprint density at radius 1 is 1.28 bits per heavy atom. The zero-order valence-electron chi connectivity index (χ0n) is 15.8. The molecule has 0 unspecified atom stereocenters. The fourth-order valence-electron chi connectivity index (χ4n) is 2.72. The summed E-state index contributed by atoms with van der Waals surface area (Å²) in [5, 5.41) is 2.98. The van der Waals surface area contributed by atoms with Crippen LogP contribution in [0.15, 0.2) is 24.3 Å². The Hall–Kier alpha value is -1.79. The van der Waals surface area contributed by atoms with Gasteiger partial charge in [-0.05, 0) is 65.0 Å². The number of hydrogen-bond donors (Lipinski definition) is 1. The van der Waals surface area contributed by atoms with Crippen LogP contribution in [0.4, 0.5) is 10.5 Å². The van der Waals surface area contributed by atoms with Crippen molar-refractivity contribution in [3.63, 3.8) is 0 Å². The first kappa shape index (κ1) is 19.5. The number of rotatable bonds is 8. The zero-order chi connectivity index (χ0) is 18.2. The van der Waals surface area contributed by atoms with Crippen LogP contribution in [0.2, 0.25) is 0 Å². The Bertz CT molecular complexity index is 525. The summed E-state index contributed by atoms with van der Waals surface area (Å²) in [6, 6.07) is 7.40. The van der Waals surface area contributed by atoms with Gasteiger partial charge in [-0.1, -0.05) is 0 Å². The first-order valence-electron chi connectivity index (χ1n) is 9.03. The van der Waals surface area contributed by atoms with E-state index in [-0.39, 0.29) is 18.2 Å². The number of likely N-dealkylation sites (N-methyl/N-ethyl adjacent to an activating group) is 1. The Balaban J connectivity index is 1.94. The van der Waals surface area contributed by atoms with Crippen LogP contribution in [0.3, 0.4) is 0 Å². The van der Waals surface area contributed by atoms with E-state index in [4.69, 9.17) is 9.47 Å². The van der Waals surface area contributed by atoms with Gasteiger partial charge in [0.25, 0.3) is 0 Å². The smallest absolute Gasteiger partial charge is 0.321 e. The van der Waals surface area contributed by atoms with Crippen molar-refractivity contribution < 1.29 is 14.3 Å². The van der Waals surface area contributed by atoms with Gasteiger partial charge in [-0.15, -0.1) is 0 Å². The molecule has 6 nitrogen and oxygen atoms in total. The van der Waals surface area contributed by atoms with Crippen LogP contribution in [0, 0.1) is 0 Å². The van der Waals surface area contributed by atoms with Crippen molar-refractivity contribution in [2.45, 2.75) is 38.9 Å². The van der Waals surface area contributed by atoms with Crippen LogP contribution >= 0.6 is 0 Å². The van der Waals surface area contributed by atoms with Crippen LogP contribution in [-0.2, 0) is 4.74 Å². The standard InChI is InChI=1S/C19H31N3O3/c1-15(2)25-17-9-7-16(8-10-17)20-19(23)22(12-11-21(3)4)14-18-6-5-13-24-18/h7-10,15,18H,5-6,11-14H2,1-4H3,(H,20,23)/t18-/m0/s1. The highest BCUT2D eigenvalue weighted by molar-refractivity contribution is 5.89. The number of ether oxygens (including phenoxy) is 2. The number of urea groups is 1. The van der Waals surface area contributed by atoms with Gasteiger partial charge in [0.05, 0.1) is 12.2 Å². The minimum absolute atomic E-state index is 0.0881. The van der Waals surface area contributed by atoms with Crippen molar-refractivity contribution in [3.05, 3.63) is 24.3 Å². The number of benzene rings is 1. The lowest BCUT2D eigenvalue weighted by Gasteiger charge is -2.27. The molecule has 0 radical (unpaired) electrons. The SMILES string of the molecule is CC(C)Oc1ccc(NC(=O)N(CCN(C)C)C[C@@H]2CCCO2)cc1. The van der Waals surface area contributed by atoms with Crippen LogP contribution in [0.1, 0.15) is 26.7 Å². The summed E-state index contributed by atoms with van der Waals surface area (Å²) in [4.78, 5) is 16.6. The van der Waals surface area contributed by atoms with Gasteiger partial charge in [-0.3, -0.25) is 0 Å². The van der Waals surface area contributed by atoms with Crippen molar-refractivity contribution in [1.29, 1.82) is 0 Å². The highest BCUT2D eigenvalue weighted by Crippen LogP contribution is 2.18. The molecule has 140 valence electrons. The molecule has 6 heteroatoms. The van der Waals surface area contributed by atoms with E-state index in [0.717, 1.165) is 37.4 Å². The number of anilines is 1. The van der Waals surface area contributed by atoms with E-state index in [1.165, 1.54) is 0 Å². The highest BCUT2D eigenvalue weighted by Gasteiger charge is 2.22. The van der Waals surface area contributed by atoms with Gasteiger partial charge in [0.2, 0.25) is 0 Å². The van der Waals surface area contributed by atoms with E-state index in [2.05, 4.69) is 10.2 Å². The molecular weight excluding hydrogens is 318 g/mol. The van der Waals surface area contributed by atoms with E-state index in [1.807, 2.05) is 57.1 Å². The van der Waals surface area contributed by atoms with E-state index >= 15 is 0 Å². The number of carbonyl (C=O) groups is 1.